The number of hydrogen-bond donors (Lipinski definition) is 3. The Hall–Kier alpha value is -0.660. The quantitative estimate of drug-likeness (QED) is 0.485. The van der Waals surface area contributed by atoms with Crippen molar-refractivity contribution in [3.05, 3.63) is 0 Å². The second-order valence-electron chi connectivity index (χ2n) is 3.65. The highest BCUT2D eigenvalue weighted by Crippen LogP contribution is 1.85. The van der Waals surface area contributed by atoms with E-state index in [1.165, 1.54) is 6.92 Å². The van der Waals surface area contributed by atoms with Crippen LogP contribution < -0.4 is 15.4 Å². The molecule has 0 aliphatic carbocycles. The van der Waals surface area contributed by atoms with Gasteiger partial charge in [0.15, 0.2) is 0 Å². The van der Waals surface area contributed by atoms with Crippen molar-refractivity contribution in [2.75, 3.05) is 25.9 Å². The Balaban J connectivity index is 3.72. The van der Waals surface area contributed by atoms with Gasteiger partial charge in [-0.2, -0.15) is 0 Å². The summed E-state index contributed by atoms with van der Waals surface area (Å²) in [6.45, 7) is 5.66. The van der Waals surface area contributed by atoms with Crippen LogP contribution in [0.1, 0.15) is 20.3 Å². The van der Waals surface area contributed by atoms with Crippen molar-refractivity contribution in [1.82, 2.24) is 15.4 Å². The number of rotatable bonds is 8. The van der Waals surface area contributed by atoms with Crippen LogP contribution in [0.5, 0.6) is 0 Å². The van der Waals surface area contributed by atoms with E-state index in [2.05, 4.69) is 22.3 Å². The molecule has 0 aromatic rings. The fraction of sp³-hybridized carbons (Fsp3) is 0.889. The minimum absolute atomic E-state index is 0.316. The maximum Gasteiger partial charge on any atom is 0.237 e. The number of carbonyl (C=O) groups is 1. The average molecular weight is 251 g/mol. The molecule has 0 saturated heterocycles. The lowest BCUT2D eigenvalue weighted by atomic mass is 10.3. The third-order valence-corrected chi connectivity index (χ3v) is 2.59. The van der Waals surface area contributed by atoms with Gasteiger partial charge in [-0.3, -0.25) is 4.79 Å². The molecule has 7 heteroatoms. The standard InChI is InChI=1S/C9H21N3O3S/c1-4-5-10-6-7-11-9(13)8(2)12-16(3,14)15/h8,10,12H,4-7H2,1-3H3,(H,11,13). The second-order valence-corrected chi connectivity index (χ2v) is 5.43. The van der Waals surface area contributed by atoms with Crippen molar-refractivity contribution >= 4 is 15.9 Å². The molecule has 0 radical (unpaired) electrons. The van der Waals surface area contributed by atoms with Crippen molar-refractivity contribution in [3.63, 3.8) is 0 Å². The first kappa shape index (κ1) is 15.3. The maximum atomic E-state index is 11.4. The molecule has 1 amide bonds. The molecule has 0 aliphatic rings. The predicted molar refractivity (Wildman–Crippen MR) is 63.6 cm³/mol. The molecule has 0 saturated carbocycles. The monoisotopic (exact) mass is 251 g/mol. The third-order valence-electron chi connectivity index (χ3n) is 1.81. The molecule has 1 atom stereocenters. The normalized spacial score (nSPS) is 13.4. The molecule has 0 bridgehead atoms. The molecule has 0 fully saturated rings. The SMILES string of the molecule is CCCNCCNC(=O)C(C)NS(C)(=O)=O. The van der Waals surface area contributed by atoms with Crippen LogP contribution in [-0.4, -0.2) is 46.3 Å². The van der Waals surface area contributed by atoms with Gasteiger partial charge in [-0.05, 0) is 19.9 Å². The summed E-state index contributed by atoms with van der Waals surface area (Å²) in [4.78, 5) is 11.4. The molecule has 0 aromatic heterocycles. The van der Waals surface area contributed by atoms with Crippen molar-refractivity contribution < 1.29 is 13.2 Å². The highest BCUT2D eigenvalue weighted by Gasteiger charge is 2.15. The minimum atomic E-state index is -3.33. The summed E-state index contributed by atoms with van der Waals surface area (Å²) in [6, 6.07) is -0.735. The van der Waals surface area contributed by atoms with Gasteiger partial charge in [-0.1, -0.05) is 6.92 Å². The number of amides is 1. The molecule has 3 N–H and O–H groups in total. The first-order valence-corrected chi connectivity index (χ1v) is 7.21. The van der Waals surface area contributed by atoms with Gasteiger partial charge in [0.2, 0.25) is 15.9 Å². The van der Waals surface area contributed by atoms with Gasteiger partial charge >= 0.3 is 0 Å². The van der Waals surface area contributed by atoms with E-state index < -0.39 is 16.1 Å². The summed E-state index contributed by atoms with van der Waals surface area (Å²) < 4.78 is 23.9. The Morgan fingerprint density at radius 3 is 2.38 bits per heavy atom. The molecule has 96 valence electrons. The van der Waals surface area contributed by atoms with Gasteiger partial charge in [-0.25, -0.2) is 13.1 Å². The zero-order valence-corrected chi connectivity index (χ0v) is 10.9. The summed E-state index contributed by atoms with van der Waals surface area (Å²) >= 11 is 0. The lowest BCUT2D eigenvalue weighted by molar-refractivity contribution is -0.122. The molecular formula is C9H21N3O3S. The van der Waals surface area contributed by atoms with E-state index in [9.17, 15) is 13.2 Å². The van der Waals surface area contributed by atoms with E-state index in [1.807, 2.05) is 0 Å². The number of carbonyl (C=O) groups excluding carboxylic acids is 1. The van der Waals surface area contributed by atoms with Gasteiger partial charge in [0.25, 0.3) is 0 Å². The summed E-state index contributed by atoms with van der Waals surface area (Å²) in [5.41, 5.74) is 0. The number of hydrogen-bond acceptors (Lipinski definition) is 4. The van der Waals surface area contributed by atoms with Crippen LogP contribution in [0.2, 0.25) is 0 Å². The molecule has 1 unspecified atom stereocenters. The zero-order valence-electron chi connectivity index (χ0n) is 10.0. The first-order valence-electron chi connectivity index (χ1n) is 5.32. The van der Waals surface area contributed by atoms with Crippen molar-refractivity contribution in [3.8, 4) is 0 Å². The van der Waals surface area contributed by atoms with E-state index in [0.29, 0.717) is 13.1 Å². The van der Waals surface area contributed by atoms with Crippen LogP contribution >= 0.6 is 0 Å². The van der Waals surface area contributed by atoms with E-state index in [1.54, 1.807) is 0 Å². The van der Waals surface area contributed by atoms with E-state index in [0.717, 1.165) is 19.2 Å². The van der Waals surface area contributed by atoms with Crippen molar-refractivity contribution in [1.29, 1.82) is 0 Å². The minimum Gasteiger partial charge on any atom is -0.353 e. The molecular weight excluding hydrogens is 230 g/mol. The van der Waals surface area contributed by atoms with Gasteiger partial charge in [0, 0.05) is 13.1 Å². The lowest BCUT2D eigenvalue weighted by Gasteiger charge is -2.12. The maximum absolute atomic E-state index is 11.4. The van der Waals surface area contributed by atoms with E-state index in [4.69, 9.17) is 0 Å². The summed E-state index contributed by atoms with van der Waals surface area (Å²) in [5.74, 6) is -0.316. The molecule has 0 rings (SSSR count). The largest absolute Gasteiger partial charge is 0.353 e. The van der Waals surface area contributed by atoms with Gasteiger partial charge in [0.05, 0.1) is 12.3 Å². The predicted octanol–water partition coefficient (Wildman–Crippen LogP) is -0.960. The van der Waals surface area contributed by atoms with Crippen molar-refractivity contribution in [2.45, 2.75) is 26.3 Å². The smallest absolute Gasteiger partial charge is 0.237 e. The van der Waals surface area contributed by atoms with Gasteiger partial charge < -0.3 is 10.6 Å². The van der Waals surface area contributed by atoms with Gasteiger partial charge in [-0.15, -0.1) is 0 Å². The zero-order chi connectivity index (χ0) is 12.6. The fourth-order valence-electron chi connectivity index (χ4n) is 1.10. The molecule has 6 nitrogen and oxygen atoms in total. The second kappa shape index (κ2) is 7.59. The molecule has 0 spiro atoms. The molecule has 16 heavy (non-hydrogen) atoms. The summed E-state index contributed by atoms with van der Waals surface area (Å²) in [6.07, 6.45) is 2.07. The van der Waals surface area contributed by atoms with Crippen molar-refractivity contribution in [2.24, 2.45) is 0 Å². The van der Waals surface area contributed by atoms with Crippen LogP contribution in [0.25, 0.3) is 0 Å². The molecule has 0 aliphatic heterocycles. The van der Waals surface area contributed by atoms with E-state index >= 15 is 0 Å². The number of nitrogens with one attached hydrogen (secondary N) is 3. The van der Waals surface area contributed by atoms with Crippen LogP contribution in [-0.2, 0) is 14.8 Å². The van der Waals surface area contributed by atoms with Crippen LogP contribution in [0.3, 0.4) is 0 Å². The highest BCUT2D eigenvalue weighted by molar-refractivity contribution is 7.88. The third kappa shape index (κ3) is 8.63. The Kier molecular flexibility index (Phi) is 7.27. The van der Waals surface area contributed by atoms with Crippen LogP contribution in [0, 0.1) is 0 Å². The summed E-state index contributed by atoms with van der Waals surface area (Å²) in [7, 11) is -3.33. The average Bonchev–Trinajstić information content (AvgIpc) is 2.14. The lowest BCUT2D eigenvalue weighted by Crippen LogP contribution is -2.45. The number of sulfonamides is 1. The highest BCUT2D eigenvalue weighted by atomic mass is 32.2. The Morgan fingerprint density at radius 1 is 1.25 bits per heavy atom. The molecule has 0 heterocycles. The van der Waals surface area contributed by atoms with E-state index in [-0.39, 0.29) is 5.91 Å². The summed E-state index contributed by atoms with van der Waals surface area (Å²) in [5, 5.41) is 5.76. The topological polar surface area (TPSA) is 87.3 Å². The first-order chi connectivity index (χ1) is 7.37. The van der Waals surface area contributed by atoms with Crippen LogP contribution in [0.4, 0.5) is 0 Å². The van der Waals surface area contributed by atoms with Gasteiger partial charge in [0.1, 0.15) is 0 Å². The fourth-order valence-corrected chi connectivity index (χ4v) is 1.85. The Labute approximate surface area is 97.2 Å². The van der Waals surface area contributed by atoms with Crippen LogP contribution in [0.15, 0.2) is 0 Å². The Morgan fingerprint density at radius 2 is 1.88 bits per heavy atom. The Bertz CT molecular complexity index is 303. The molecule has 0 aromatic carbocycles.